The van der Waals surface area contributed by atoms with E-state index in [-0.39, 0.29) is 94.1 Å². The van der Waals surface area contributed by atoms with Gasteiger partial charge in [-0.3, -0.25) is 29.2 Å². The van der Waals surface area contributed by atoms with Crippen LogP contribution in [0.1, 0.15) is 11.4 Å². The number of fused-ring (bicyclic) bond motifs is 2. The minimum absolute atomic E-state index is 0. The Morgan fingerprint density at radius 2 is 0.564 bits per heavy atom. The molecule has 14 nitrogen and oxygen atoms in total. The van der Waals surface area contributed by atoms with Gasteiger partial charge < -0.3 is 30.6 Å². The van der Waals surface area contributed by atoms with Gasteiger partial charge in [-0.25, -0.2) is 9.97 Å². The molecule has 4 aromatic carbocycles. The summed E-state index contributed by atoms with van der Waals surface area (Å²) in [7, 11) is 0. The number of aromatic nitrogens is 2. The summed E-state index contributed by atoms with van der Waals surface area (Å²) < 4.78 is 273. The Kier molecular flexibility index (Phi) is 35.9. The maximum Gasteiger partial charge on any atom is 3.00 e. The number of nitrogens with zero attached hydrogens (tertiary/aromatic N) is 4. The average molecular weight is 1760 g/mol. The average Bonchev–Trinajstić information content (AvgIpc) is 0.833. The first-order valence-electron chi connectivity index (χ1n) is 22.7. The van der Waals surface area contributed by atoms with E-state index in [0.29, 0.717) is 22.4 Å². The van der Waals surface area contributed by atoms with Crippen LogP contribution in [0, 0.1) is 82.6 Å². The molecule has 2 aromatic heterocycles. The first-order chi connectivity index (χ1) is 41.6. The van der Waals surface area contributed by atoms with Gasteiger partial charge in [-0.1, -0.05) is 91.9 Å². The van der Waals surface area contributed by atoms with Gasteiger partial charge in [-0.05, 0) is 119 Å². The van der Waals surface area contributed by atoms with Crippen LogP contribution in [0.25, 0.3) is 21.8 Å². The molecule has 0 atom stereocenters. The van der Waals surface area contributed by atoms with Gasteiger partial charge >= 0.3 is 132 Å². The molecule has 0 N–H and O–H groups in total. The van der Waals surface area contributed by atoms with Gasteiger partial charge in [0.2, 0.25) is 0 Å². The van der Waals surface area contributed by atoms with Gasteiger partial charge in [0.05, 0.1) is 46.2 Å². The zero-order chi connectivity index (χ0) is 71.3. The zero-order valence-corrected chi connectivity index (χ0v) is 55.3. The molecule has 0 unspecified atom stereocenters. The third kappa shape index (κ3) is 34.2. The van der Waals surface area contributed by atoms with Crippen LogP contribution in [-0.2, 0) is 19.2 Å². The van der Waals surface area contributed by atoms with Crippen molar-refractivity contribution in [3.05, 3.63) is 177 Å². The number of ketones is 4. The van der Waals surface area contributed by atoms with Gasteiger partial charge in [0.1, 0.15) is 0 Å². The Morgan fingerprint density at radius 1 is 0.340 bits per heavy atom. The largest absolute Gasteiger partial charge is 3.00 e. The molecule has 0 aliphatic heterocycles. The van der Waals surface area contributed by atoms with Gasteiger partial charge in [0.15, 0.2) is 0 Å². The SMILES string of the molecule is O=C(/C=C(\[O-])C(F)(F)F)C(F)(F)F.O=C(/C=C(\[O-])C(F)(F)F)C(F)(F)F.O=C(/C=C(\[O-])C(F)(F)F)C(F)(F)F.O=C(/C=C(\[O-])C(F)(F)F)C(F)(F)F.[O-]c1cccc2ccc(C=Nc3ccc(Br)cc3)nc12.[O-]c1cccc2ccc(C=Nc3ccc(Br)cc3)nc12.[Pr+3].[Pr+3]. The van der Waals surface area contributed by atoms with Crippen LogP contribution in [0.5, 0.6) is 11.5 Å². The molecule has 500 valence electrons. The normalized spacial score (nSPS) is 12.8. The van der Waals surface area contributed by atoms with E-state index in [0.717, 1.165) is 31.1 Å². The van der Waals surface area contributed by atoms with Crippen LogP contribution in [0.3, 0.4) is 0 Å². The fourth-order valence-electron chi connectivity index (χ4n) is 4.88. The monoisotopic (exact) mass is 1760 g/mol. The molecule has 0 saturated carbocycles. The van der Waals surface area contributed by atoms with E-state index in [1.807, 2.05) is 84.9 Å². The van der Waals surface area contributed by atoms with Crippen molar-refractivity contribution in [2.45, 2.75) is 49.4 Å². The van der Waals surface area contributed by atoms with Crippen LogP contribution < -0.4 is 30.6 Å². The number of aliphatic imine (C=N–C) groups is 2. The molecular formula is C52H24Br2F24N4O10Pr2. The summed E-state index contributed by atoms with van der Waals surface area (Å²) in [6.07, 6.45) is -44.4. The molecule has 42 heteroatoms. The van der Waals surface area contributed by atoms with Crippen molar-refractivity contribution in [2.24, 2.45) is 9.98 Å². The van der Waals surface area contributed by atoms with Crippen molar-refractivity contribution in [1.29, 1.82) is 0 Å². The smallest absolute Gasteiger partial charge is 0.871 e. The van der Waals surface area contributed by atoms with Crippen LogP contribution in [-0.4, -0.2) is 94.9 Å². The van der Waals surface area contributed by atoms with Crippen LogP contribution in [0.4, 0.5) is 117 Å². The summed E-state index contributed by atoms with van der Waals surface area (Å²) in [5.41, 5.74) is 3.97. The number of allylic oxidation sites excluding steroid dienone is 8. The molecular weight excluding hydrogens is 1740 g/mol. The summed E-state index contributed by atoms with van der Waals surface area (Å²) in [5, 5.41) is 64.4. The van der Waals surface area contributed by atoms with Gasteiger partial charge in [-0.2, -0.15) is 105 Å². The summed E-state index contributed by atoms with van der Waals surface area (Å²) in [6.45, 7) is 0. The second-order valence-corrected chi connectivity index (χ2v) is 17.9. The molecule has 0 fully saturated rings. The first-order valence-corrected chi connectivity index (χ1v) is 24.2. The number of halogens is 26. The Balaban J connectivity index is 0. The maximum absolute atomic E-state index is 11.7. The predicted molar refractivity (Wildman–Crippen MR) is 266 cm³/mol. The number of rotatable bonds is 8. The standard InChI is InChI=1S/2C16H11BrN2O.4C5H2F6O2.2Pr/c2*17-12-5-8-13(9-6-12)18-10-14-7-4-11-2-1-3-15(20)16(11)19-14;4*6-4(7,8)2(12)1-3(13)5(9,10)11;;/h2*1-10,20H;4*1,12H;;/q;;;;;;2*+3/p-6/b;;4*2-1-;;. The van der Waals surface area contributed by atoms with E-state index in [4.69, 9.17) is 0 Å². The molecule has 0 amide bonds. The molecule has 0 spiro atoms. The van der Waals surface area contributed by atoms with E-state index < -0.39 is 120 Å². The number of hydrogen-bond donors (Lipinski definition) is 0. The summed E-state index contributed by atoms with van der Waals surface area (Å²) in [4.78, 5) is 56.6. The number of hydrogen-bond acceptors (Lipinski definition) is 14. The van der Waals surface area contributed by atoms with Gasteiger partial charge in [0, 0.05) is 8.95 Å². The molecule has 6 aromatic rings. The van der Waals surface area contributed by atoms with Crippen molar-refractivity contribution >= 4 is 101 Å². The third-order valence-electron chi connectivity index (χ3n) is 9.04. The van der Waals surface area contributed by atoms with Crippen molar-refractivity contribution in [3.8, 4) is 11.5 Å². The number of carbonyl (C=O) groups excluding carboxylic acids is 4. The van der Waals surface area contributed by atoms with Crippen molar-refractivity contribution in [1.82, 2.24) is 9.97 Å². The van der Waals surface area contributed by atoms with E-state index in [2.05, 4.69) is 51.8 Å². The van der Waals surface area contributed by atoms with Gasteiger partial charge in [-0.15, -0.1) is 0 Å². The second-order valence-electron chi connectivity index (χ2n) is 16.1. The number of benzene rings is 4. The molecule has 94 heavy (non-hydrogen) atoms. The van der Waals surface area contributed by atoms with Crippen molar-refractivity contribution in [3.63, 3.8) is 0 Å². The van der Waals surface area contributed by atoms with E-state index in [1.165, 1.54) is 12.1 Å². The molecule has 0 saturated heterocycles. The molecule has 6 rings (SSSR count). The Bertz CT molecular complexity index is 3370. The molecule has 0 aliphatic carbocycles. The maximum atomic E-state index is 11.7. The molecule has 0 radical (unpaired) electrons. The Morgan fingerprint density at radius 3 is 0.766 bits per heavy atom. The van der Waals surface area contributed by atoms with Crippen molar-refractivity contribution < 1.29 is 238 Å². The first kappa shape index (κ1) is 89.5. The molecule has 0 bridgehead atoms. The summed E-state index contributed by atoms with van der Waals surface area (Å²) in [5.74, 6) is -22.7. The predicted octanol–water partition coefficient (Wildman–Crippen LogP) is 11.3. The van der Waals surface area contributed by atoms with Crippen LogP contribution >= 0.6 is 31.9 Å². The minimum Gasteiger partial charge on any atom is -0.871 e. The van der Waals surface area contributed by atoms with E-state index in [1.54, 1.807) is 24.6 Å². The Labute approximate surface area is 591 Å². The topological polar surface area (TPSA) is 257 Å². The fourth-order valence-corrected chi connectivity index (χ4v) is 5.41. The second kappa shape index (κ2) is 37.7. The third-order valence-corrected chi connectivity index (χ3v) is 10.1. The number of carbonyl (C=O) groups is 4. The van der Waals surface area contributed by atoms with Crippen molar-refractivity contribution in [2.75, 3.05) is 0 Å². The minimum atomic E-state index is -5.46. The van der Waals surface area contributed by atoms with E-state index >= 15 is 0 Å². The van der Waals surface area contributed by atoms with Crippen LogP contribution in [0.15, 0.2) is 175 Å². The summed E-state index contributed by atoms with van der Waals surface area (Å²) in [6, 6.07) is 33.0. The molecule has 2 heterocycles. The zero-order valence-electron chi connectivity index (χ0n) is 44.7. The summed E-state index contributed by atoms with van der Waals surface area (Å²) >= 11 is 6.76. The Hall–Kier alpha value is -6.51. The quantitative estimate of drug-likeness (QED) is 0.0596. The fraction of sp³-hybridized carbons (Fsp3) is 0.154. The number of para-hydroxylation sites is 2. The van der Waals surface area contributed by atoms with Gasteiger partial charge in [0.25, 0.3) is 23.1 Å². The number of pyridine rings is 2. The van der Waals surface area contributed by atoms with Crippen LogP contribution in [0.2, 0.25) is 0 Å². The molecule has 0 aliphatic rings. The number of alkyl halides is 24. The van der Waals surface area contributed by atoms with E-state index in [9.17, 15) is 155 Å².